The minimum absolute atomic E-state index is 0.116. The first-order valence-corrected chi connectivity index (χ1v) is 14.3. The number of anilines is 1. The van der Waals surface area contributed by atoms with Crippen LogP contribution in [0.3, 0.4) is 0 Å². The van der Waals surface area contributed by atoms with E-state index in [-0.39, 0.29) is 17.1 Å². The summed E-state index contributed by atoms with van der Waals surface area (Å²) in [6, 6.07) is 13.3. The predicted octanol–water partition coefficient (Wildman–Crippen LogP) is 1.24. The number of aliphatic carboxylic acids is 2. The lowest BCUT2D eigenvalue weighted by atomic mass is 10.1. The van der Waals surface area contributed by atoms with Crippen LogP contribution in [0, 0.1) is 0 Å². The number of alkyl halides is 9. The zero-order chi connectivity index (χ0) is 36.7. The highest BCUT2D eigenvalue weighted by atomic mass is 32.2. The normalized spacial score (nSPS) is 12.5. The molecule has 4 aromatic rings. The molecule has 0 fully saturated rings. The third-order valence-electron chi connectivity index (χ3n) is 5.41. The van der Waals surface area contributed by atoms with Crippen molar-refractivity contribution in [1.29, 1.82) is 0 Å². The fraction of sp³-hybridized carbons (Fsp3) is 0.192. The van der Waals surface area contributed by atoms with Crippen LogP contribution in [0.5, 0.6) is 0 Å². The number of carbonyl (C=O) groups is 3. The van der Waals surface area contributed by atoms with Crippen molar-refractivity contribution < 1.29 is 81.9 Å². The van der Waals surface area contributed by atoms with Gasteiger partial charge in [-0.25, -0.2) is 18.4 Å². The van der Waals surface area contributed by atoms with Gasteiger partial charge in [-0.15, -0.1) is 0 Å². The molecule has 0 aliphatic carbocycles. The van der Waals surface area contributed by atoms with Gasteiger partial charge in [0.15, 0.2) is 11.7 Å². The number of imidazole rings is 1. The Morgan fingerprint density at radius 1 is 0.833 bits per heavy atom. The maximum absolute atomic E-state index is 13.8. The number of pyridine rings is 2. The molecule has 3 aromatic heterocycles. The van der Waals surface area contributed by atoms with Crippen LogP contribution in [0.15, 0.2) is 73.1 Å². The summed E-state index contributed by atoms with van der Waals surface area (Å²) in [5.41, 5.74) is 0.604. The molecule has 0 bridgehead atoms. The lowest BCUT2D eigenvalue weighted by Crippen LogP contribution is -2.41. The van der Waals surface area contributed by atoms with E-state index in [1.165, 1.54) is 30.5 Å². The van der Waals surface area contributed by atoms with E-state index in [1.807, 2.05) is 5.32 Å². The zero-order valence-electron chi connectivity index (χ0n) is 23.6. The van der Waals surface area contributed by atoms with Gasteiger partial charge in [-0.05, 0) is 24.3 Å². The third-order valence-corrected chi connectivity index (χ3v) is 6.01. The third kappa shape index (κ3) is 11.1. The Bertz CT molecular complexity index is 1840. The van der Waals surface area contributed by atoms with Gasteiger partial charge in [-0.2, -0.15) is 43.9 Å². The van der Waals surface area contributed by atoms with Gasteiger partial charge in [0.25, 0.3) is 11.7 Å². The molecule has 1 unspecified atom stereocenters. The number of hydrogen-bond acceptors (Lipinski definition) is 7. The van der Waals surface area contributed by atoms with Crippen LogP contribution in [-0.4, -0.2) is 56.0 Å². The first-order chi connectivity index (χ1) is 21.9. The fourth-order valence-electron chi connectivity index (χ4n) is 3.56. The van der Waals surface area contributed by atoms with Crippen LogP contribution in [0.1, 0.15) is 22.2 Å². The van der Waals surface area contributed by atoms with E-state index in [4.69, 9.17) is 19.8 Å². The number of aromatic amines is 2. The van der Waals surface area contributed by atoms with Crippen molar-refractivity contribution >= 4 is 39.1 Å². The number of carboxylic acids is 2. The Kier molecular flexibility index (Phi) is 12.1. The maximum Gasteiger partial charge on any atom is 0.430 e. The smallest absolute Gasteiger partial charge is 0.430 e. The average Bonchev–Trinajstić information content (AvgIpc) is 3.34. The summed E-state index contributed by atoms with van der Waals surface area (Å²) in [6.45, 7) is 0. The fourth-order valence-corrected chi connectivity index (χ4v) is 4.14. The number of hydrogen-bond donors (Lipinski definition) is 3. The maximum atomic E-state index is 13.8. The molecule has 0 aliphatic heterocycles. The molecule has 4 N–H and O–H groups in total. The van der Waals surface area contributed by atoms with E-state index < -0.39 is 52.4 Å². The second-order valence-electron chi connectivity index (χ2n) is 9.06. The van der Waals surface area contributed by atoms with Crippen LogP contribution in [0.4, 0.5) is 45.2 Å². The summed E-state index contributed by atoms with van der Waals surface area (Å²) in [7, 11) is -3.61. The molecule has 48 heavy (non-hydrogen) atoms. The minimum atomic E-state index is -5.19. The summed E-state index contributed by atoms with van der Waals surface area (Å²) < 4.78 is 132. The van der Waals surface area contributed by atoms with Gasteiger partial charge in [0.1, 0.15) is 11.9 Å². The number of amides is 1. The number of aromatic nitrogens is 3. The van der Waals surface area contributed by atoms with Crippen LogP contribution < -0.4 is 29.6 Å². The topological polar surface area (TPSA) is 190 Å². The molecule has 22 heteroatoms. The number of para-hydroxylation sites is 1. The monoisotopic (exact) mass is 717 g/mol. The summed E-state index contributed by atoms with van der Waals surface area (Å²) in [6.07, 6.45) is -11.2. The molecule has 0 saturated heterocycles. The molecular weight excluding hydrogens is 697 g/mol. The largest absolute Gasteiger partial charge is 0.542 e. The number of nitrogens with zero attached hydrogens (tertiary/aromatic N) is 1. The second kappa shape index (κ2) is 15.0. The predicted molar refractivity (Wildman–Crippen MR) is 139 cm³/mol. The first kappa shape index (κ1) is 38.8. The number of carbonyl (C=O) groups excluding carboxylic acids is 3. The number of benzene rings is 1. The molecule has 1 aromatic carbocycles. The molecule has 1 atom stereocenters. The Labute approximate surface area is 262 Å². The van der Waals surface area contributed by atoms with Gasteiger partial charge in [-0.1, -0.05) is 24.3 Å². The van der Waals surface area contributed by atoms with Crippen molar-refractivity contribution in [2.45, 2.75) is 24.6 Å². The summed E-state index contributed by atoms with van der Waals surface area (Å²) in [4.78, 5) is 36.0. The lowest BCUT2D eigenvalue weighted by Gasteiger charge is -2.17. The molecule has 12 nitrogen and oxygen atoms in total. The van der Waals surface area contributed by atoms with Gasteiger partial charge in [0.05, 0.1) is 23.7 Å². The van der Waals surface area contributed by atoms with Crippen molar-refractivity contribution in [2.75, 3.05) is 11.0 Å². The van der Waals surface area contributed by atoms with Gasteiger partial charge in [0, 0.05) is 12.1 Å². The van der Waals surface area contributed by atoms with Crippen LogP contribution in [-0.2, 0) is 19.6 Å². The lowest BCUT2D eigenvalue weighted by molar-refractivity contribution is -0.498. The van der Waals surface area contributed by atoms with E-state index in [0.717, 1.165) is 6.26 Å². The van der Waals surface area contributed by atoms with Crippen molar-refractivity contribution in [3.63, 3.8) is 0 Å². The summed E-state index contributed by atoms with van der Waals surface area (Å²) in [5.74, 6) is -6.69. The molecule has 3 heterocycles. The van der Waals surface area contributed by atoms with E-state index in [9.17, 15) is 52.7 Å². The van der Waals surface area contributed by atoms with Crippen LogP contribution in [0.25, 0.3) is 16.9 Å². The van der Waals surface area contributed by atoms with E-state index >= 15 is 0 Å². The number of carboxylic acid groups (broad SMARTS) is 2. The highest BCUT2D eigenvalue weighted by molar-refractivity contribution is 7.92. The van der Waals surface area contributed by atoms with Gasteiger partial charge in [0.2, 0.25) is 27.5 Å². The average molecular weight is 718 g/mol. The molecule has 0 saturated carbocycles. The molecule has 4 rings (SSSR count). The van der Waals surface area contributed by atoms with Gasteiger partial charge < -0.3 is 25.1 Å². The summed E-state index contributed by atoms with van der Waals surface area (Å²) in [5, 5.41) is 19.6. The van der Waals surface area contributed by atoms with Crippen LogP contribution in [0.2, 0.25) is 0 Å². The Morgan fingerprint density at radius 3 is 1.83 bits per heavy atom. The first-order valence-electron chi connectivity index (χ1n) is 12.4. The molecule has 0 radical (unpaired) electrons. The SMILES string of the molecule is CS(=O)(=O)Nc1ccccc1-c1[nH]c(C(=O)NC(c2cccc[nH+]2)C(F)(F)F)c2cccc[n+]12.O=C([O-])C(F)(F)F.O=C([O-])C(F)(F)F. The number of sulfonamides is 1. The summed E-state index contributed by atoms with van der Waals surface area (Å²) >= 11 is 0. The quantitative estimate of drug-likeness (QED) is 0.198. The molecule has 0 spiro atoms. The molecule has 0 aliphatic rings. The number of rotatable bonds is 6. The number of fused-ring (bicyclic) bond motifs is 1. The number of H-pyrrole nitrogens is 2. The molecular formula is C26H20F9N5O7S. The number of halogens is 9. The van der Waals surface area contributed by atoms with Crippen LogP contribution >= 0.6 is 0 Å². The van der Waals surface area contributed by atoms with Crippen molar-refractivity contribution in [3.8, 4) is 11.4 Å². The number of nitrogens with one attached hydrogen (secondary N) is 4. The van der Waals surface area contributed by atoms with Crippen molar-refractivity contribution in [1.82, 2.24) is 10.3 Å². The zero-order valence-corrected chi connectivity index (χ0v) is 24.4. The Hall–Kier alpha value is -5.41. The van der Waals surface area contributed by atoms with Gasteiger partial charge >= 0.3 is 18.5 Å². The molecule has 1 amide bonds. The standard InChI is InChI=1S/C22H18F3N5O3S.2C2HF3O2/c1-34(32,33)29-15-9-3-2-8-14(15)20-27-18(17-11-5-7-13-30(17)20)21(31)28-19(22(23,24)25)16-10-4-6-12-26-16;2*3-2(4,5)1(6)7/h2-13,19H,1H3,(H2,27,28,29,31);2*(H,6,7). The highest BCUT2D eigenvalue weighted by Gasteiger charge is 2.46. The van der Waals surface area contributed by atoms with E-state index in [2.05, 4.69) is 14.7 Å². The van der Waals surface area contributed by atoms with E-state index in [1.54, 1.807) is 47.0 Å². The Morgan fingerprint density at radius 2 is 1.35 bits per heavy atom. The van der Waals surface area contributed by atoms with Crippen molar-refractivity contribution in [3.05, 3.63) is 84.4 Å². The Balaban J connectivity index is 0.000000479. The van der Waals surface area contributed by atoms with E-state index in [0.29, 0.717) is 16.9 Å². The second-order valence-corrected chi connectivity index (χ2v) is 10.8. The minimum Gasteiger partial charge on any atom is -0.542 e. The highest BCUT2D eigenvalue weighted by Crippen LogP contribution is 2.32. The van der Waals surface area contributed by atoms with Crippen molar-refractivity contribution in [2.24, 2.45) is 0 Å². The van der Waals surface area contributed by atoms with Gasteiger partial charge in [-0.3, -0.25) is 9.52 Å². The molecule has 260 valence electrons.